The first-order chi connectivity index (χ1) is 8.66. The van der Waals surface area contributed by atoms with Crippen LogP contribution in [0.5, 0.6) is 0 Å². The first-order valence-electron chi connectivity index (χ1n) is 5.64. The van der Waals surface area contributed by atoms with Gasteiger partial charge in [-0.05, 0) is 23.8 Å². The van der Waals surface area contributed by atoms with Crippen LogP contribution in [0.1, 0.15) is 11.1 Å². The molecule has 0 aliphatic rings. The number of H-pyrrole nitrogens is 1. The van der Waals surface area contributed by atoms with Gasteiger partial charge < -0.3 is 15.4 Å². The second-order valence-electron chi connectivity index (χ2n) is 4.06. The molecule has 0 saturated carbocycles. The summed E-state index contributed by atoms with van der Waals surface area (Å²) in [6.45, 7) is 2.67. The fourth-order valence-electron chi connectivity index (χ4n) is 1.76. The van der Waals surface area contributed by atoms with Crippen molar-refractivity contribution in [2.24, 2.45) is 0 Å². The monoisotopic (exact) mass is 246 g/mol. The van der Waals surface area contributed by atoms with E-state index in [2.05, 4.69) is 21.6 Å². The van der Waals surface area contributed by atoms with Crippen molar-refractivity contribution in [1.82, 2.24) is 10.2 Å². The zero-order valence-electron chi connectivity index (χ0n) is 10.0. The van der Waals surface area contributed by atoms with Gasteiger partial charge in [-0.1, -0.05) is 34.9 Å². The topological polar surface area (TPSA) is 83.8 Å². The number of aryl methyl sites for hydroxylation is 1. The van der Waals surface area contributed by atoms with Gasteiger partial charge in [0.15, 0.2) is 5.69 Å². The number of anilines is 1. The Morgan fingerprint density at radius 3 is 3.06 bits per heavy atom. The molecule has 6 nitrogen and oxygen atoms in total. The van der Waals surface area contributed by atoms with Gasteiger partial charge in [0.25, 0.3) is 0 Å². The minimum Gasteiger partial charge on any atom is -0.376 e. The van der Waals surface area contributed by atoms with Crippen molar-refractivity contribution in [3.8, 4) is 0 Å². The second-order valence-corrected chi connectivity index (χ2v) is 4.06. The molecule has 1 heterocycles. The lowest BCUT2D eigenvalue weighted by Crippen LogP contribution is -2.06. The van der Waals surface area contributed by atoms with Crippen LogP contribution in [0.25, 0.3) is 0 Å². The number of benzene rings is 1. The van der Waals surface area contributed by atoms with E-state index in [0.717, 1.165) is 6.42 Å². The average molecular weight is 246 g/mol. The van der Waals surface area contributed by atoms with Crippen LogP contribution >= 0.6 is 0 Å². The third kappa shape index (κ3) is 2.85. The molecule has 18 heavy (non-hydrogen) atoms. The lowest BCUT2D eigenvalue weighted by molar-refractivity contribution is -0.388. The molecule has 0 amide bonds. The summed E-state index contributed by atoms with van der Waals surface area (Å²) < 4.78 is 0. The van der Waals surface area contributed by atoms with E-state index in [1.807, 2.05) is 25.1 Å². The summed E-state index contributed by atoms with van der Waals surface area (Å²) in [5.74, 6) is -0.0979. The molecule has 0 unspecified atom stereocenters. The Hall–Kier alpha value is -2.37. The van der Waals surface area contributed by atoms with Crippen molar-refractivity contribution < 1.29 is 4.92 Å². The van der Waals surface area contributed by atoms with Crippen molar-refractivity contribution in [2.45, 2.75) is 13.3 Å². The molecule has 0 bridgehead atoms. The predicted octanol–water partition coefficient (Wildman–Crippen LogP) is 2.28. The van der Waals surface area contributed by atoms with Gasteiger partial charge in [-0.3, -0.25) is 0 Å². The summed E-state index contributed by atoms with van der Waals surface area (Å²) in [4.78, 5) is 10.2. The molecule has 0 fully saturated rings. The van der Waals surface area contributed by atoms with Gasteiger partial charge in [-0.2, -0.15) is 0 Å². The van der Waals surface area contributed by atoms with Gasteiger partial charge in [0.1, 0.15) is 6.20 Å². The Kier molecular flexibility index (Phi) is 3.57. The van der Waals surface area contributed by atoms with Gasteiger partial charge in [-0.25, -0.2) is 0 Å². The van der Waals surface area contributed by atoms with Crippen LogP contribution in [-0.4, -0.2) is 21.7 Å². The molecule has 1 aromatic heterocycles. The summed E-state index contributed by atoms with van der Waals surface area (Å²) in [7, 11) is 0. The van der Waals surface area contributed by atoms with Crippen LogP contribution in [0.15, 0.2) is 30.5 Å². The van der Waals surface area contributed by atoms with E-state index >= 15 is 0 Å². The van der Waals surface area contributed by atoms with Crippen LogP contribution in [-0.2, 0) is 6.42 Å². The molecule has 2 aromatic rings. The number of aromatic amines is 1. The molecule has 0 saturated heterocycles. The smallest absolute Gasteiger partial charge is 0.366 e. The van der Waals surface area contributed by atoms with Gasteiger partial charge in [-0.15, -0.1) is 5.10 Å². The third-order valence-corrected chi connectivity index (χ3v) is 2.61. The number of nitrogens with zero attached hydrogens (tertiary/aromatic N) is 2. The second kappa shape index (κ2) is 5.31. The number of nitro groups is 1. The number of rotatable bonds is 5. The molecular weight excluding hydrogens is 232 g/mol. The molecule has 0 aliphatic carbocycles. The Balaban J connectivity index is 1.92. The number of nitrogens with one attached hydrogen (secondary N) is 2. The zero-order chi connectivity index (χ0) is 13.0. The van der Waals surface area contributed by atoms with Gasteiger partial charge >= 0.3 is 5.82 Å². The highest BCUT2D eigenvalue weighted by molar-refractivity contribution is 5.55. The SMILES string of the molecule is Cc1cccc(CCNc2cn[nH]c2[N+](=O)[O-])c1. The zero-order valence-corrected chi connectivity index (χ0v) is 10.0. The summed E-state index contributed by atoms with van der Waals surface area (Å²) in [6, 6.07) is 8.19. The molecular formula is C12H14N4O2. The fourth-order valence-corrected chi connectivity index (χ4v) is 1.76. The Morgan fingerprint density at radius 2 is 2.33 bits per heavy atom. The maximum Gasteiger partial charge on any atom is 0.366 e. The van der Waals surface area contributed by atoms with Gasteiger partial charge in [0, 0.05) is 6.54 Å². The van der Waals surface area contributed by atoms with Crippen molar-refractivity contribution in [1.29, 1.82) is 0 Å². The standard InChI is InChI=1S/C12H14N4O2/c1-9-3-2-4-10(7-9)5-6-13-11-8-14-15-12(11)16(17)18/h2-4,7-8,13H,5-6H2,1H3,(H,14,15). The van der Waals surface area contributed by atoms with E-state index in [1.165, 1.54) is 17.3 Å². The van der Waals surface area contributed by atoms with Gasteiger partial charge in [0.05, 0.1) is 0 Å². The van der Waals surface area contributed by atoms with Crippen molar-refractivity contribution in [3.05, 3.63) is 51.7 Å². The highest BCUT2D eigenvalue weighted by atomic mass is 16.6. The Labute approximate surface area is 104 Å². The molecule has 94 valence electrons. The van der Waals surface area contributed by atoms with Crippen LogP contribution in [0, 0.1) is 17.0 Å². The molecule has 0 atom stereocenters. The number of hydrogen-bond donors (Lipinski definition) is 2. The minimum atomic E-state index is -0.484. The van der Waals surface area contributed by atoms with E-state index in [0.29, 0.717) is 12.2 Å². The first-order valence-corrected chi connectivity index (χ1v) is 5.64. The summed E-state index contributed by atoms with van der Waals surface area (Å²) in [5, 5.41) is 19.7. The maximum atomic E-state index is 10.7. The highest BCUT2D eigenvalue weighted by Gasteiger charge is 2.13. The number of hydrogen-bond acceptors (Lipinski definition) is 4. The van der Waals surface area contributed by atoms with Crippen LogP contribution < -0.4 is 5.32 Å². The number of aromatic nitrogens is 2. The Bertz CT molecular complexity index is 551. The normalized spacial score (nSPS) is 10.3. The maximum absolute atomic E-state index is 10.7. The molecule has 2 N–H and O–H groups in total. The average Bonchev–Trinajstić information content (AvgIpc) is 2.77. The third-order valence-electron chi connectivity index (χ3n) is 2.61. The van der Waals surface area contributed by atoms with E-state index in [9.17, 15) is 10.1 Å². The molecule has 6 heteroatoms. The molecule has 0 spiro atoms. The van der Waals surface area contributed by atoms with Crippen molar-refractivity contribution in [2.75, 3.05) is 11.9 Å². The molecule has 1 aromatic carbocycles. The van der Waals surface area contributed by atoms with Crippen LogP contribution in [0.3, 0.4) is 0 Å². The van der Waals surface area contributed by atoms with Crippen LogP contribution in [0.4, 0.5) is 11.5 Å². The van der Waals surface area contributed by atoms with E-state index in [1.54, 1.807) is 0 Å². The molecule has 0 aliphatic heterocycles. The Morgan fingerprint density at radius 1 is 1.50 bits per heavy atom. The molecule has 0 radical (unpaired) electrons. The molecule has 2 rings (SSSR count). The highest BCUT2D eigenvalue weighted by Crippen LogP contribution is 2.19. The summed E-state index contributed by atoms with van der Waals surface area (Å²) in [6.07, 6.45) is 2.23. The minimum absolute atomic E-state index is 0.0979. The van der Waals surface area contributed by atoms with Crippen molar-refractivity contribution in [3.63, 3.8) is 0 Å². The fraction of sp³-hybridized carbons (Fsp3) is 0.250. The quantitative estimate of drug-likeness (QED) is 0.626. The summed E-state index contributed by atoms with van der Waals surface area (Å²) >= 11 is 0. The van der Waals surface area contributed by atoms with E-state index in [4.69, 9.17) is 0 Å². The van der Waals surface area contributed by atoms with E-state index < -0.39 is 4.92 Å². The van der Waals surface area contributed by atoms with E-state index in [-0.39, 0.29) is 5.82 Å². The first kappa shape index (κ1) is 12.1. The largest absolute Gasteiger partial charge is 0.376 e. The summed E-state index contributed by atoms with van der Waals surface area (Å²) in [5.41, 5.74) is 2.84. The lowest BCUT2D eigenvalue weighted by Gasteiger charge is -2.04. The van der Waals surface area contributed by atoms with Crippen molar-refractivity contribution >= 4 is 11.5 Å². The van der Waals surface area contributed by atoms with Crippen LogP contribution in [0.2, 0.25) is 0 Å². The van der Waals surface area contributed by atoms with Gasteiger partial charge in [0.2, 0.25) is 0 Å². The lowest BCUT2D eigenvalue weighted by atomic mass is 10.1. The predicted molar refractivity (Wildman–Crippen MR) is 68.6 cm³/mol.